The summed E-state index contributed by atoms with van der Waals surface area (Å²) in [5.41, 5.74) is 0.420. The van der Waals surface area contributed by atoms with Gasteiger partial charge >= 0.3 is 0 Å². The molecule has 1 N–H and O–H groups in total. The van der Waals surface area contributed by atoms with Crippen LogP contribution in [0.3, 0.4) is 0 Å². The Balaban J connectivity index is 3.07. The smallest absolute Gasteiger partial charge is 0.255 e. The number of hydrogen-bond acceptors (Lipinski definition) is 4. The monoisotopic (exact) mass is 359 g/mol. The van der Waals surface area contributed by atoms with Gasteiger partial charge < -0.3 is 19.5 Å². The molecule has 2 atom stereocenters. The average Bonchev–Trinajstić information content (AvgIpc) is 2.52. The second kappa shape index (κ2) is 8.12. The second-order valence-corrected chi connectivity index (χ2v) is 5.45. The van der Waals surface area contributed by atoms with Crippen molar-refractivity contribution in [1.82, 2.24) is 5.32 Å². The van der Waals surface area contributed by atoms with Gasteiger partial charge in [0.2, 0.25) is 0 Å². The van der Waals surface area contributed by atoms with Crippen LogP contribution in [0.1, 0.15) is 24.2 Å². The first kappa shape index (κ1) is 17.6. The number of benzene rings is 1. The lowest BCUT2D eigenvalue weighted by atomic mass is 10.1. The van der Waals surface area contributed by atoms with E-state index in [9.17, 15) is 4.79 Å². The van der Waals surface area contributed by atoms with E-state index < -0.39 is 0 Å². The molecule has 1 aromatic carbocycles. The molecule has 1 aromatic rings. The fourth-order valence-corrected chi connectivity index (χ4v) is 2.33. The van der Waals surface area contributed by atoms with Gasteiger partial charge in [-0.3, -0.25) is 4.79 Å². The third-order valence-electron chi connectivity index (χ3n) is 3.41. The normalized spacial score (nSPS) is 13.2. The summed E-state index contributed by atoms with van der Waals surface area (Å²) in [6.45, 7) is 4.03. The lowest BCUT2D eigenvalue weighted by Crippen LogP contribution is -2.37. The summed E-state index contributed by atoms with van der Waals surface area (Å²) >= 11 is 3.42. The summed E-state index contributed by atoms with van der Waals surface area (Å²) < 4.78 is 15.7. The molecule has 0 fully saturated rings. The van der Waals surface area contributed by atoms with Gasteiger partial charge in [-0.2, -0.15) is 0 Å². The number of carbonyl (C=O) groups excluding carboxylic acids is 1. The summed E-state index contributed by atoms with van der Waals surface area (Å²) in [5.74, 6) is 1.58. The number of ether oxygens (including phenoxy) is 3. The molecule has 2 unspecified atom stereocenters. The van der Waals surface area contributed by atoms with Crippen molar-refractivity contribution in [1.29, 1.82) is 0 Å². The zero-order valence-corrected chi connectivity index (χ0v) is 14.6. The van der Waals surface area contributed by atoms with Gasteiger partial charge in [0.15, 0.2) is 11.5 Å². The molecule has 0 aliphatic carbocycles. The van der Waals surface area contributed by atoms with Crippen molar-refractivity contribution in [3.05, 3.63) is 17.7 Å². The number of nitrogens with one attached hydrogen (secondary N) is 1. The minimum Gasteiger partial charge on any atom is -0.496 e. The van der Waals surface area contributed by atoms with Crippen molar-refractivity contribution in [2.24, 2.45) is 5.92 Å². The minimum atomic E-state index is -0.201. The first-order valence-corrected chi connectivity index (χ1v) is 7.77. The first-order chi connectivity index (χ1) is 9.98. The molecule has 0 saturated heterocycles. The number of amides is 1. The quantitative estimate of drug-likeness (QED) is 0.760. The van der Waals surface area contributed by atoms with Crippen molar-refractivity contribution < 1.29 is 19.0 Å². The highest BCUT2D eigenvalue weighted by Gasteiger charge is 2.20. The highest BCUT2D eigenvalue weighted by Crippen LogP contribution is 2.34. The van der Waals surface area contributed by atoms with E-state index >= 15 is 0 Å². The largest absolute Gasteiger partial charge is 0.496 e. The summed E-state index contributed by atoms with van der Waals surface area (Å²) in [6.07, 6.45) is 0. The summed E-state index contributed by atoms with van der Waals surface area (Å²) in [6, 6.07) is 3.31. The van der Waals surface area contributed by atoms with Crippen LogP contribution in [0.2, 0.25) is 0 Å². The Bertz CT molecular complexity index is 493. The van der Waals surface area contributed by atoms with Gasteiger partial charge in [0.1, 0.15) is 5.75 Å². The standard InChI is InChI=1S/C15H22BrNO4/c1-9(8-16)10(2)17-15(18)11-6-13(20-4)14(21-5)7-12(11)19-3/h6-7,9-10H,8H2,1-5H3,(H,17,18). The summed E-state index contributed by atoms with van der Waals surface area (Å²) in [4.78, 5) is 12.4. The molecule has 6 heteroatoms. The maximum atomic E-state index is 12.4. The van der Waals surface area contributed by atoms with Crippen LogP contribution in [0.15, 0.2) is 12.1 Å². The highest BCUT2D eigenvalue weighted by molar-refractivity contribution is 9.09. The van der Waals surface area contributed by atoms with Gasteiger partial charge in [-0.05, 0) is 12.8 Å². The third-order valence-corrected chi connectivity index (χ3v) is 4.43. The number of carbonyl (C=O) groups is 1. The number of methoxy groups -OCH3 is 3. The Morgan fingerprint density at radius 2 is 1.62 bits per heavy atom. The van der Waals surface area contributed by atoms with E-state index in [1.807, 2.05) is 6.92 Å². The summed E-state index contributed by atoms with van der Waals surface area (Å²) in [7, 11) is 4.58. The van der Waals surface area contributed by atoms with Gasteiger partial charge in [-0.15, -0.1) is 0 Å². The Labute approximate surface area is 134 Å². The van der Waals surface area contributed by atoms with Crippen LogP contribution in [0.4, 0.5) is 0 Å². The van der Waals surface area contributed by atoms with E-state index in [4.69, 9.17) is 14.2 Å². The van der Waals surface area contributed by atoms with Crippen LogP contribution in [0.25, 0.3) is 0 Å². The van der Waals surface area contributed by atoms with E-state index in [0.29, 0.717) is 28.7 Å². The van der Waals surface area contributed by atoms with E-state index in [2.05, 4.69) is 28.2 Å². The maximum absolute atomic E-state index is 12.4. The number of halogens is 1. The molecular formula is C15H22BrNO4. The van der Waals surface area contributed by atoms with E-state index in [1.54, 1.807) is 12.1 Å². The van der Waals surface area contributed by atoms with E-state index in [-0.39, 0.29) is 11.9 Å². The molecule has 0 aliphatic heterocycles. The highest BCUT2D eigenvalue weighted by atomic mass is 79.9. The fourth-order valence-electron chi connectivity index (χ4n) is 1.77. The molecule has 0 saturated carbocycles. The van der Waals surface area contributed by atoms with Gasteiger partial charge in [0.25, 0.3) is 5.91 Å². The Morgan fingerprint density at radius 1 is 1.10 bits per heavy atom. The molecule has 118 valence electrons. The number of rotatable bonds is 7. The molecule has 0 aliphatic rings. The first-order valence-electron chi connectivity index (χ1n) is 6.65. The predicted molar refractivity (Wildman–Crippen MR) is 86.0 cm³/mol. The summed E-state index contributed by atoms with van der Waals surface area (Å²) in [5, 5.41) is 3.78. The molecule has 21 heavy (non-hydrogen) atoms. The van der Waals surface area contributed by atoms with Crippen molar-refractivity contribution in [3.63, 3.8) is 0 Å². The van der Waals surface area contributed by atoms with Crippen LogP contribution in [0, 0.1) is 5.92 Å². The molecule has 1 rings (SSSR count). The molecule has 1 amide bonds. The zero-order valence-electron chi connectivity index (χ0n) is 13.0. The van der Waals surface area contributed by atoms with Crippen LogP contribution in [-0.4, -0.2) is 38.6 Å². The molecule has 0 bridgehead atoms. The van der Waals surface area contributed by atoms with Crippen molar-refractivity contribution in [2.45, 2.75) is 19.9 Å². The Morgan fingerprint density at radius 3 is 2.10 bits per heavy atom. The molecule has 0 radical (unpaired) electrons. The van der Waals surface area contributed by atoms with Crippen molar-refractivity contribution >= 4 is 21.8 Å². The lowest BCUT2D eigenvalue weighted by molar-refractivity contribution is 0.0927. The molecule has 0 heterocycles. The molecule has 0 aromatic heterocycles. The van der Waals surface area contributed by atoms with Crippen molar-refractivity contribution in [3.8, 4) is 17.2 Å². The van der Waals surface area contributed by atoms with Crippen LogP contribution in [-0.2, 0) is 0 Å². The molecule has 0 spiro atoms. The topological polar surface area (TPSA) is 56.8 Å². The Hall–Kier alpha value is -1.43. The van der Waals surface area contributed by atoms with Crippen LogP contribution < -0.4 is 19.5 Å². The van der Waals surface area contributed by atoms with Crippen LogP contribution >= 0.6 is 15.9 Å². The lowest BCUT2D eigenvalue weighted by Gasteiger charge is -2.20. The van der Waals surface area contributed by atoms with Gasteiger partial charge in [0, 0.05) is 23.5 Å². The van der Waals surface area contributed by atoms with Crippen molar-refractivity contribution in [2.75, 3.05) is 26.7 Å². The van der Waals surface area contributed by atoms with E-state index in [0.717, 1.165) is 5.33 Å². The fraction of sp³-hybridized carbons (Fsp3) is 0.533. The van der Waals surface area contributed by atoms with Gasteiger partial charge in [0.05, 0.1) is 26.9 Å². The third kappa shape index (κ3) is 4.27. The van der Waals surface area contributed by atoms with Crippen LogP contribution in [0.5, 0.6) is 17.2 Å². The second-order valence-electron chi connectivity index (χ2n) is 4.80. The minimum absolute atomic E-state index is 0.0367. The predicted octanol–water partition coefficient (Wildman–Crippen LogP) is 2.86. The Kier molecular flexibility index (Phi) is 6.81. The van der Waals surface area contributed by atoms with Gasteiger partial charge in [-0.25, -0.2) is 0 Å². The SMILES string of the molecule is COc1cc(OC)c(C(=O)NC(C)C(C)CBr)cc1OC. The molecule has 5 nitrogen and oxygen atoms in total. The number of alkyl halides is 1. The van der Waals surface area contributed by atoms with E-state index in [1.165, 1.54) is 21.3 Å². The van der Waals surface area contributed by atoms with Gasteiger partial charge in [-0.1, -0.05) is 22.9 Å². The maximum Gasteiger partial charge on any atom is 0.255 e. The number of hydrogen-bond donors (Lipinski definition) is 1. The molecular weight excluding hydrogens is 338 g/mol. The average molecular weight is 360 g/mol. The zero-order chi connectivity index (χ0) is 16.0.